The maximum atomic E-state index is 15.4. The van der Waals surface area contributed by atoms with Crippen LogP contribution < -0.4 is 19.8 Å². The van der Waals surface area contributed by atoms with Crippen molar-refractivity contribution in [2.45, 2.75) is 37.5 Å². The lowest BCUT2D eigenvalue weighted by Crippen LogP contribution is -2.53. The van der Waals surface area contributed by atoms with Gasteiger partial charge in [-0.2, -0.15) is 5.01 Å². The molecule has 10 nitrogen and oxygen atoms in total. The lowest BCUT2D eigenvalue weighted by molar-refractivity contribution is -0.138. The molecule has 0 bridgehead atoms. The first-order valence-electron chi connectivity index (χ1n) is 17.8. The third-order valence-electron chi connectivity index (χ3n) is 11.7. The lowest BCUT2D eigenvalue weighted by Gasteiger charge is -2.50. The van der Waals surface area contributed by atoms with E-state index < -0.39 is 46.8 Å². The Balaban J connectivity index is 1.33. The number of halogens is 2. The number of imide groups is 2. The Hall–Kier alpha value is -5.32. The number of fused-ring (bicyclic) bond motifs is 4. The minimum Gasteiger partial charge on any atom is -0.508 e. The molecule has 54 heavy (non-hydrogen) atoms. The summed E-state index contributed by atoms with van der Waals surface area (Å²) in [7, 11) is 3.02. The van der Waals surface area contributed by atoms with Crippen molar-refractivity contribution in [2.75, 3.05) is 24.5 Å². The smallest absolute Gasteiger partial charge is 0.260 e. The molecule has 2 N–H and O–H groups in total. The van der Waals surface area contributed by atoms with Gasteiger partial charge in [0.2, 0.25) is 11.8 Å². The van der Waals surface area contributed by atoms with Gasteiger partial charge in [0.1, 0.15) is 17.2 Å². The van der Waals surface area contributed by atoms with Crippen LogP contribution in [0.5, 0.6) is 17.2 Å². The van der Waals surface area contributed by atoms with Crippen molar-refractivity contribution in [2.24, 2.45) is 23.7 Å². The molecular formula is C42H37Cl2N3O7. The average molecular weight is 767 g/mol. The Morgan fingerprint density at radius 2 is 1.54 bits per heavy atom. The maximum Gasteiger partial charge on any atom is 0.260 e. The zero-order valence-electron chi connectivity index (χ0n) is 29.7. The number of benzene rings is 4. The molecular weight excluding hydrogens is 729 g/mol. The fourth-order valence-electron chi connectivity index (χ4n) is 9.22. The van der Waals surface area contributed by atoms with E-state index in [-0.39, 0.29) is 41.1 Å². The maximum absolute atomic E-state index is 15.4. The summed E-state index contributed by atoms with van der Waals surface area (Å²) < 4.78 is 10.9. The summed E-state index contributed by atoms with van der Waals surface area (Å²) in [6.45, 7) is 2.03. The largest absolute Gasteiger partial charge is 0.508 e. The van der Waals surface area contributed by atoms with E-state index in [0.29, 0.717) is 38.9 Å². The van der Waals surface area contributed by atoms with Crippen molar-refractivity contribution in [3.8, 4) is 17.2 Å². The molecule has 0 spiro atoms. The summed E-state index contributed by atoms with van der Waals surface area (Å²) in [5.41, 5.74) is 4.83. The second-order valence-corrected chi connectivity index (χ2v) is 15.0. The standard InChI is InChI=1S/C42H37Cl2N3O7/c1-4-22-5-10-25(11-6-22)46-38(49)30-17-16-28-31(36(30)40(46)51)21-32-39(50)47(45-34-18-9-24(43)19-33(34)44)41(52)42(32,23-7-12-26(53-2)13-8-23)37(28)29-15-14-27(54-3)20-35(29)48/h5-16,18-20,30-32,36-37,45,48H,4,17,21H2,1-3H3. The molecule has 3 fully saturated rings. The molecule has 276 valence electrons. The summed E-state index contributed by atoms with van der Waals surface area (Å²) in [5, 5.41) is 13.3. The number of nitrogens with one attached hydrogen (secondary N) is 1. The van der Waals surface area contributed by atoms with Gasteiger partial charge in [-0.1, -0.05) is 72.1 Å². The number of carbonyl (C=O) groups excluding carboxylic acids is 4. The predicted molar refractivity (Wildman–Crippen MR) is 204 cm³/mol. The molecule has 2 aliphatic heterocycles. The number of rotatable bonds is 8. The van der Waals surface area contributed by atoms with Crippen LogP contribution in [-0.2, 0) is 31.0 Å². The van der Waals surface area contributed by atoms with E-state index in [1.165, 1.54) is 31.3 Å². The number of anilines is 2. The van der Waals surface area contributed by atoms with Crippen LogP contribution in [0, 0.1) is 23.7 Å². The molecule has 1 saturated carbocycles. The number of ether oxygens (including phenoxy) is 2. The highest BCUT2D eigenvalue weighted by Crippen LogP contribution is 2.65. The number of methoxy groups -OCH3 is 2. The quantitative estimate of drug-likeness (QED) is 0.140. The van der Waals surface area contributed by atoms with Crippen molar-refractivity contribution in [1.29, 1.82) is 0 Å². The van der Waals surface area contributed by atoms with Crippen LogP contribution in [0.15, 0.2) is 96.6 Å². The number of phenolic OH excluding ortho intramolecular Hbond substituents is 1. The highest BCUT2D eigenvalue weighted by atomic mass is 35.5. The monoisotopic (exact) mass is 765 g/mol. The van der Waals surface area contributed by atoms with Crippen molar-refractivity contribution < 1.29 is 33.8 Å². The number of hydrogen-bond acceptors (Lipinski definition) is 8. The van der Waals surface area contributed by atoms with Crippen molar-refractivity contribution in [1.82, 2.24) is 5.01 Å². The van der Waals surface area contributed by atoms with E-state index in [1.54, 1.807) is 60.7 Å². The number of aromatic hydroxyl groups is 1. The summed E-state index contributed by atoms with van der Waals surface area (Å²) in [6.07, 6.45) is 3.08. The summed E-state index contributed by atoms with van der Waals surface area (Å²) >= 11 is 12.7. The number of carbonyl (C=O) groups is 4. The first kappa shape index (κ1) is 35.7. The number of nitrogens with zero attached hydrogens (tertiary/aromatic N) is 2. The van der Waals surface area contributed by atoms with Gasteiger partial charge in [-0.3, -0.25) is 29.5 Å². The molecule has 6 atom stereocenters. The molecule has 6 unspecified atom stereocenters. The molecule has 2 heterocycles. The van der Waals surface area contributed by atoms with Gasteiger partial charge >= 0.3 is 0 Å². The van der Waals surface area contributed by atoms with E-state index in [4.69, 9.17) is 32.7 Å². The highest BCUT2D eigenvalue weighted by molar-refractivity contribution is 6.36. The van der Waals surface area contributed by atoms with E-state index in [1.807, 2.05) is 25.1 Å². The first-order chi connectivity index (χ1) is 26.0. The fourth-order valence-corrected chi connectivity index (χ4v) is 9.67. The first-order valence-corrected chi connectivity index (χ1v) is 18.6. The topological polar surface area (TPSA) is 125 Å². The van der Waals surface area contributed by atoms with Crippen LogP contribution in [0.2, 0.25) is 10.0 Å². The molecule has 4 aromatic carbocycles. The second kappa shape index (κ2) is 13.5. The van der Waals surface area contributed by atoms with Gasteiger partial charge in [-0.15, -0.1) is 0 Å². The summed E-state index contributed by atoms with van der Waals surface area (Å²) in [6, 6.07) is 23.9. The Bertz CT molecular complexity index is 2240. The normalized spacial score (nSPS) is 25.9. The highest BCUT2D eigenvalue weighted by Gasteiger charge is 2.70. The number of phenols is 1. The van der Waals surface area contributed by atoms with Crippen LogP contribution in [0.4, 0.5) is 11.4 Å². The van der Waals surface area contributed by atoms with Crippen LogP contribution in [0.1, 0.15) is 42.4 Å². The molecule has 8 rings (SSSR count). The van der Waals surface area contributed by atoms with Gasteiger partial charge in [0.25, 0.3) is 11.8 Å². The van der Waals surface area contributed by atoms with Gasteiger partial charge in [-0.25, -0.2) is 0 Å². The SMILES string of the molecule is CCc1ccc(N2C(=O)C3CC=C4C(CC5C(=O)N(Nc6ccc(Cl)cc6Cl)C(=O)C5(c5ccc(OC)cc5)C4c4ccc(OC)cc4O)C3C2=O)cc1. The third kappa shape index (κ3) is 5.29. The number of amides is 4. The fraction of sp³-hybridized carbons (Fsp3) is 0.286. The van der Waals surface area contributed by atoms with Crippen LogP contribution in [0.3, 0.4) is 0 Å². The van der Waals surface area contributed by atoms with Crippen molar-refractivity contribution in [3.63, 3.8) is 0 Å². The van der Waals surface area contributed by atoms with Gasteiger partial charge in [0, 0.05) is 22.6 Å². The Morgan fingerprint density at radius 3 is 2.19 bits per heavy atom. The number of aryl methyl sites for hydroxylation is 1. The molecule has 4 aliphatic rings. The van der Waals surface area contributed by atoms with Gasteiger partial charge < -0.3 is 14.6 Å². The Morgan fingerprint density at radius 1 is 0.833 bits per heavy atom. The van der Waals surface area contributed by atoms with Gasteiger partial charge in [0.15, 0.2) is 0 Å². The molecule has 12 heteroatoms. The van der Waals surface area contributed by atoms with E-state index in [2.05, 4.69) is 5.43 Å². The minimum atomic E-state index is -1.61. The number of hydrazine groups is 1. The van der Waals surface area contributed by atoms with Crippen LogP contribution in [0.25, 0.3) is 0 Å². The molecule has 4 aromatic rings. The van der Waals surface area contributed by atoms with Crippen molar-refractivity contribution in [3.05, 3.63) is 123 Å². The zero-order chi connectivity index (χ0) is 38.1. The van der Waals surface area contributed by atoms with E-state index >= 15 is 4.79 Å². The summed E-state index contributed by atoms with van der Waals surface area (Å²) in [5.74, 6) is -5.00. The van der Waals surface area contributed by atoms with Crippen LogP contribution in [-0.4, -0.2) is 48.0 Å². The lowest BCUT2D eigenvalue weighted by atomic mass is 9.49. The Kier molecular flexibility index (Phi) is 8.93. The minimum absolute atomic E-state index is 0.0885. The van der Waals surface area contributed by atoms with Crippen LogP contribution >= 0.6 is 23.2 Å². The average Bonchev–Trinajstić information content (AvgIpc) is 3.56. The molecule has 2 aliphatic carbocycles. The Labute approximate surface area is 322 Å². The van der Waals surface area contributed by atoms with E-state index in [9.17, 15) is 19.5 Å². The van der Waals surface area contributed by atoms with Gasteiger partial charge in [-0.05, 0) is 84.8 Å². The number of hydrogen-bond donors (Lipinski definition) is 2. The number of allylic oxidation sites excluding steroid dienone is 2. The predicted octanol–water partition coefficient (Wildman–Crippen LogP) is 7.47. The zero-order valence-corrected chi connectivity index (χ0v) is 31.2. The molecule has 2 saturated heterocycles. The second-order valence-electron chi connectivity index (χ2n) is 14.2. The van der Waals surface area contributed by atoms with E-state index in [0.717, 1.165) is 17.0 Å². The molecule has 4 amide bonds. The molecule has 0 aromatic heterocycles. The van der Waals surface area contributed by atoms with Crippen molar-refractivity contribution >= 4 is 58.2 Å². The molecule has 0 radical (unpaired) electrons. The third-order valence-corrected chi connectivity index (χ3v) is 12.3. The van der Waals surface area contributed by atoms with Gasteiger partial charge in [0.05, 0.1) is 53.8 Å². The summed E-state index contributed by atoms with van der Waals surface area (Å²) in [4.78, 5) is 60.3.